The van der Waals surface area contributed by atoms with E-state index >= 15 is 0 Å². The number of aromatic carboxylic acids is 1. The van der Waals surface area contributed by atoms with Gasteiger partial charge in [-0.15, -0.1) is 0 Å². The monoisotopic (exact) mass is 220 g/mol. The predicted octanol–water partition coefficient (Wildman–Crippen LogP) is 2.02. The molecule has 0 aliphatic carbocycles. The minimum Gasteiger partial charge on any atom is -0.478 e. The highest BCUT2D eigenvalue weighted by atomic mass is 19.1. The number of aromatic nitrogens is 2. The first-order chi connectivity index (χ1) is 7.58. The van der Waals surface area contributed by atoms with Crippen LogP contribution in [0.15, 0.2) is 30.5 Å². The summed E-state index contributed by atoms with van der Waals surface area (Å²) in [5, 5.41) is 12.8. The lowest BCUT2D eigenvalue weighted by Crippen LogP contribution is -2.03. The van der Waals surface area contributed by atoms with Gasteiger partial charge in [0, 0.05) is 11.9 Å². The first-order valence-electron chi connectivity index (χ1n) is 4.63. The second-order valence-electron chi connectivity index (χ2n) is 3.39. The first kappa shape index (κ1) is 10.4. The van der Waals surface area contributed by atoms with Gasteiger partial charge in [0.2, 0.25) is 0 Å². The van der Waals surface area contributed by atoms with Crippen molar-refractivity contribution in [2.24, 2.45) is 0 Å². The molecule has 82 valence electrons. The van der Waals surface area contributed by atoms with Crippen LogP contribution in [0.1, 0.15) is 16.1 Å². The number of benzene rings is 1. The van der Waals surface area contributed by atoms with E-state index in [2.05, 4.69) is 5.10 Å². The Kier molecular flexibility index (Phi) is 2.44. The third-order valence-electron chi connectivity index (χ3n) is 2.21. The van der Waals surface area contributed by atoms with Gasteiger partial charge >= 0.3 is 5.97 Å². The van der Waals surface area contributed by atoms with E-state index in [9.17, 15) is 9.18 Å². The summed E-state index contributed by atoms with van der Waals surface area (Å²) < 4.78 is 14.7. The maximum Gasteiger partial charge on any atom is 0.335 e. The smallest absolute Gasteiger partial charge is 0.335 e. The van der Waals surface area contributed by atoms with Crippen molar-refractivity contribution in [1.82, 2.24) is 9.78 Å². The molecule has 0 unspecified atom stereocenters. The van der Waals surface area contributed by atoms with E-state index < -0.39 is 11.8 Å². The van der Waals surface area contributed by atoms with Crippen LogP contribution in [0.4, 0.5) is 4.39 Å². The second-order valence-corrected chi connectivity index (χ2v) is 3.39. The highest BCUT2D eigenvalue weighted by Crippen LogP contribution is 2.14. The number of carboxylic acids is 1. The maximum atomic E-state index is 13.2. The van der Waals surface area contributed by atoms with Crippen LogP contribution in [0.3, 0.4) is 0 Å². The highest BCUT2D eigenvalue weighted by molar-refractivity contribution is 5.88. The Morgan fingerprint density at radius 2 is 2.19 bits per heavy atom. The van der Waals surface area contributed by atoms with Crippen molar-refractivity contribution in [2.45, 2.75) is 6.92 Å². The molecule has 0 saturated heterocycles. The maximum absolute atomic E-state index is 13.2. The molecule has 5 heteroatoms. The molecule has 0 spiro atoms. The van der Waals surface area contributed by atoms with E-state index in [4.69, 9.17) is 5.11 Å². The summed E-state index contributed by atoms with van der Waals surface area (Å²) >= 11 is 0. The Bertz CT molecular complexity index is 549. The summed E-state index contributed by atoms with van der Waals surface area (Å²) in [6.07, 6.45) is 1.57. The van der Waals surface area contributed by atoms with Gasteiger partial charge in [-0.2, -0.15) is 5.10 Å². The summed E-state index contributed by atoms with van der Waals surface area (Å²) in [7, 11) is 0. The van der Waals surface area contributed by atoms with E-state index in [0.717, 1.165) is 11.8 Å². The van der Waals surface area contributed by atoms with Crippen molar-refractivity contribution in [3.8, 4) is 5.69 Å². The fourth-order valence-corrected chi connectivity index (χ4v) is 1.46. The van der Waals surface area contributed by atoms with Gasteiger partial charge in [-0.1, -0.05) is 0 Å². The Hall–Kier alpha value is -2.17. The van der Waals surface area contributed by atoms with Crippen LogP contribution in [-0.4, -0.2) is 20.9 Å². The van der Waals surface area contributed by atoms with E-state index in [1.165, 1.54) is 16.8 Å². The van der Waals surface area contributed by atoms with Crippen LogP contribution in [0.5, 0.6) is 0 Å². The molecule has 4 nitrogen and oxygen atoms in total. The summed E-state index contributed by atoms with van der Waals surface area (Å²) in [5.74, 6) is -1.75. The van der Waals surface area contributed by atoms with Crippen molar-refractivity contribution in [2.75, 3.05) is 0 Å². The van der Waals surface area contributed by atoms with Gasteiger partial charge in [-0.05, 0) is 31.2 Å². The molecular weight excluding hydrogens is 211 g/mol. The molecule has 16 heavy (non-hydrogen) atoms. The molecule has 1 aromatic heterocycles. The van der Waals surface area contributed by atoms with Crippen LogP contribution < -0.4 is 0 Å². The van der Waals surface area contributed by atoms with Crippen molar-refractivity contribution in [1.29, 1.82) is 0 Å². The Morgan fingerprint density at radius 1 is 1.44 bits per heavy atom. The van der Waals surface area contributed by atoms with Crippen molar-refractivity contribution in [3.05, 3.63) is 47.5 Å². The van der Waals surface area contributed by atoms with Gasteiger partial charge in [0.1, 0.15) is 5.82 Å². The minimum absolute atomic E-state index is 0.0927. The first-order valence-corrected chi connectivity index (χ1v) is 4.63. The lowest BCUT2D eigenvalue weighted by Gasteiger charge is -2.05. The van der Waals surface area contributed by atoms with Crippen LogP contribution in [-0.2, 0) is 0 Å². The van der Waals surface area contributed by atoms with Gasteiger partial charge in [-0.3, -0.25) is 0 Å². The lowest BCUT2D eigenvalue weighted by molar-refractivity contribution is 0.0696. The SMILES string of the molecule is Cc1ccnn1-c1cc(F)cc(C(=O)O)c1. The van der Waals surface area contributed by atoms with Crippen LogP contribution >= 0.6 is 0 Å². The number of hydrogen-bond donors (Lipinski definition) is 1. The molecule has 0 amide bonds. The van der Waals surface area contributed by atoms with E-state index in [0.29, 0.717) is 5.69 Å². The number of carboxylic acid groups (broad SMARTS) is 1. The third kappa shape index (κ3) is 1.79. The molecular formula is C11H9FN2O2. The third-order valence-corrected chi connectivity index (χ3v) is 2.21. The van der Waals surface area contributed by atoms with Crippen molar-refractivity contribution < 1.29 is 14.3 Å². The topological polar surface area (TPSA) is 55.1 Å². The second kappa shape index (κ2) is 3.77. The Balaban J connectivity index is 2.58. The highest BCUT2D eigenvalue weighted by Gasteiger charge is 2.09. The summed E-state index contributed by atoms with van der Waals surface area (Å²) in [6.45, 7) is 1.80. The molecule has 0 bridgehead atoms. The molecule has 0 aliphatic rings. The average molecular weight is 220 g/mol. The lowest BCUT2D eigenvalue weighted by atomic mass is 10.2. The Morgan fingerprint density at radius 3 is 2.75 bits per heavy atom. The molecule has 0 saturated carbocycles. The van der Waals surface area contributed by atoms with Gasteiger partial charge in [0.25, 0.3) is 0 Å². The molecule has 2 rings (SSSR count). The van der Waals surface area contributed by atoms with E-state index in [1.807, 2.05) is 0 Å². The molecule has 0 fully saturated rings. The Labute approximate surface area is 90.9 Å². The predicted molar refractivity (Wildman–Crippen MR) is 55.2 cm³/mol. The number of nitrogens with zero attached hydrogens (tertiary/aromatic N) is 2. The van der Waals surface area contributed by atoms with E-state index in [1.54, 1.807) is 19.2 Å². The fourth-order valence-electron chi connectivity index (χ4n) is 1.46. The van der Waals surface area contributed by atoms with Gasteiger partial charge in [0.15, 0.2) is 0 Å². The summed E-state index contributed by atoms with van der Waals surface area (Å²) in [6, 6.07) is 5.36. The van der Waals surface area contributed by atoms with Crippen molar-refractivity contribution >= 4 is 5.97 Å². The standard InChI is InChI=1S/C11H9FN2O2/c1-7-2-3-13-14(7)10-5-8(11(15)16)4-9(12)6-10/h2-6H,1H3,(H,15,16). The van der Waals surface area contributed by atoms with Gasteiger partial charge in [-0.25, -0.2) is 13.9 Å². The zero-order chi connectivity index (χ0) is 11.7. The molecule has 1 N–H and O–H groups in total. The molecule has 0 aliphatic heterocycles. The number of rotatable bonds is 2. The average Bonchev–Trinajstić information content (AvgIpc) is 2.63. The molecule has 1 heterocycles. The molecule has 2 aromatic rings. The summed E-state index contributed by atoms with van der Waals surface area (Å²) in [4.78, 5) is 10.8. The number of carbonyl (C=O) groups is 1. The minimum atomic E-state index is -1.16. The van der Waals surface area contributed by atoms with Crippen molar-refractivity contribution in [3.63, 3.8) is 0 Å². The molecule has 0 atom stereocenters. The molecule has 1 aromatic carbocycles. The van der Waals surface area contributed by atoms with Crippen LogP contribution in [0.25, 0.3) is 5.69 Å². The van der Waals surface area contributed by atoms with Crippen LogP contribution in [0.2, 0.25) is 0 Å². The zero-order valence-electron chi connectivity index (χ0n) is 8.51. The van der Waals surface area contributed by atoms with E-state index in [-0.39, 0.29) is 5.56 Å². The van der Waals surface area contributed by atoms with Gasteiger partial charge < -0.3 is 5.11 Å². The van der Waals surface area contributed by atoms with Gasteiger partial charge in [0.05, 0.1) is 11.3 Å². The quantitative estimate of drug-likeness (QED) is 0.842. The van der Waals surface area contributed by atoms with Crippen LogP contribution in [0, 0.1) is 12.7 Å². The number of hydrogen-bond acceptors (Lipinski definition) is 2. The largest absolute Gasteiger partial charge is 0.478 e. The summed E-state index contributed by atoms with van der Waals surface area (Å²) in [5.41, 5.74) is 1.12. The fraction of sp³-hybridized carbons (Fsp3) is 0.0909. The zero-order valence-corrected chi connectivity index (χ0v) is 8.51. The normalized spacial score (nSPS) is 10.4. The molecule has 0 radical (unpaired) electrons. The number of halogens is 1. The number of aryl methyl sites for hydroxylation is 1.